The first-order valence-electron chi connectivity index (χ1n) is 8.93. The van der Waals surface area contributed by atoms with Crippen molar-refractivity contribution in [2.75, 3.05) is 26.1 Å². The first-order chi connectivity index (χ1) is 13.4. The third-order valence-corrected chi connectivity index (χ3v) is 5.46. The highest BCUT2D eigenvalue weighted by Gasteiger charge is 2.22. The lowest BCUT2D eigenvalue weighted by Crippen LogP contribution is -2.34. The summed E-state index contributed by atoms with van der Waals surface area (Å²) >= 11 is 1.44. The van der Waals surface area contributed by atoms with Gasteiger partial charge in [0.1, 0.15) is 6.54 Å². The van der Waals surface area contributed by atoms with Crippen LogP contribution in [0.15, 0.2) is 18.3 Å². The average molecular weight is 401 g/mol. The van der Waals surface area contributed by atoms with Crippen LogP contribution in [0.5, 0.6) is 11.5 Å². The number of benzene rings is 1. The molecule has 2 aromatic rings. The van der Waals surface area contributed by atoms with Crippen LogP contribution in [-0.4, -0.2) is 42.5 Å². The van der Waals surface area contributed by atoms with Crippen molar-refractivity contribution in [1.29, 1.82) is 0 Å². The lowest BCUT2D eigenvalue weighted by molar-refractivity contribution is -0.131. The van der Waals surface area contributed by atoms with Crippen molar-refractivity contribution < 1.29 is 19.1 Å². The van der Waals surface area contributed by atoms with Gasteiger partial charge in [0, 0.05) is 11.1 Å². The summed E-state index contributed by atoms with van der Waals surface area (Å²) in [7, 11) is 3.12. The molecule has 0 aliphatic carbocycles. The van der Waals surface area contributed by atoms with Crippen molar-refractivity contribution >= 4 is 34.4 Å². The summed E-state index contributed by atoms with van der Waals surface area (Å²) in [4.78, 5) is 31.9. The lowest BCUT2D eigenvalue weighted by atomic mass is 10.0. The van der Waals surface area contributed by atoms with Crippen molar-refractivity contribution in [3.05, 3.63) is 40.0 Å². The zero-order valence-electron chi connectivity index (χ0n) is 16.4. The third-order valence-electron chi connectivity index (χ3n) is 4.53. The van der Waals surface area contributed by atoms with Gasteiger partial charge in [-0.3, -0.25) is 9.59 Å². The number of aromatic nitrogens is 1. The monoisotopic (exact) mass is 401 g/mol. The van der Waals surface area contributed by atoms with Crippen LogP contribution in [0.3, 0.4) is 0 Å². The van der Waals surface area contributed by atoms with Gasteiger partial charge in [-0.1, -0.05) is 6.92 Å². The van der Waals surface area contributed by atoms with Gasteiger partial charge in [-0.2, -0.15) is 0 Å². The van der Waals surface area contributed by atoms with Crippen molar-refractivity contribution in [3.8, 4) is 11.5 Å². The molecule has 0 fully saturated rings. The molecule has 0 bridgehead atoms. The van der Waals surface area contributed by atoms with E-state index in [0.29, 0.717) is 16.6 Å². The quantitative estimate of drug-likeness (QED) is 0.805. The average Bonchev–Trinajstić information content (AvgIpc) is 2.96. The minimum Gasteiger partial charge on any atom is -0.493 e. The Morgan fingerprint density at radius 1 is 1.29 bits per heavy atom. The van der Waals surface area contributed by atoms with Gasteiger partial charge in [-0.25, -0.2) is 4.98 Å². The number of rotatable bonds is 6. The highest BCUT2D eigenvalue weighted by atomic mass is 32.1. The van der Waals surface area contributed by atoms with Gasteiger partial charge >= 0.3 is 0 Å². The van der Waals surface area contributed by atoms with Crippen molar-refractivity contribution in [2.24, 2.45) is 0 Å². The van der Waals surface area contributed by atoms with Gasteiger partial charge < -0.3 is 19.7 Å². The van der Waals surface area contributed by atoms with Crippen LogP contribution in [0, 0.1) is 6.92 Å². The summed E-state index contributed by atoms with van der Waals surface area (Å²) in [6.07, 6.45) is 4.42. The molecule has 3 rings (SSSR count). The van der Waals surface area contributed by atoms with Gasteiger partial charge in [0.25, 0.3) is 0 Å². The molecule has 1 aromatic carbocycles. The number of aryl methyl sites for hydroxylation is 2. The SMILES string of the molecule is CCc1nc(NC(=O)CN2C=Cc3cc(OC)c(OC)cc3CC2=O)sc1C. The summed E-state index contributed by atoms with van der Waals surface area (Å²) in [5.41, 5.74) is 2.66. The molecule has 2 heterocycles. The Balaban J connectivity index is 1.73. The van der Waals surface area contributed by atoms with Crippen molar-refractivity contribution in [2.45, 2.75) is 26.7 Å². The maximum Gasteiger partial charge on any atom is 0.246 e. The Morgan fingerprint density at radius 2 is 2.00 bits per heavy atom. The van der Waals surface area contributed by atoms with E-state index in [1.54, 1.807) is 32.6 Å². The van der Waals surface area contributed by atoms with Crippen molar-refractivity contribution in [3.63, 3.8) is 0 Å². The van der Waals surface area contributed by atoms with Crippen molar-refractivity contribution in [1.82, 2.24) is 9.88 Å². The third kappa shape index (κ3) is 4.17. The predicted molar refractivity (Wildman–Crippen MR) is 109 cm³/mol. The lowest BCUT2D eigenvalue weighted by Gasteiger charge is -2.16. The molecule has 1 aliphatic rings. The highest BCUT2D eigenvalue weighted by Crippen LogP contribution is 2.32. The molecule has 1 aromatic heterocycles. The number of ether oxygens (including phenoxy) is 2. The van der Waals surface area contributed by atoms with E-state index in [1.807, 2.05) is 19.9 Å². The second-order valence-corrected chi connectivity index (χ2v) is 7.55. The number of fused-ring (bicyclic) bond motifs is 1. The van der Waals surface area contributed by atoms with Crippen LogP contribution in [0.1, 0.15) is 28.6 Å². The number of anilines is 1. The van der Waals surface area contributed by atoms with E-state index in [9.17, 15) is 9.59 Å². The van der Waals surface area contributed by atoms with Crippen LogP contribution in [0.25, 0.3) is 6.08 Å². The first-order valence-corrected chi connectivity index (χ1v) is 9.75. The second kappa shape index (κ2) is 8.43. The summed E-state index contributed by atoms with van der Waals surface area (Å²) in [5, 5.41) is 3.34. The minimum atomic E-state index is -0.282. The molecule has 0 radical (unpaired) electrons. The van der Waals surface area contributed by atoms with Crippen LogP contribution in [-0.2, 0) is 22.4 Å². The van der Waals surface area contributed by atoms with E-state index in [2.05, 4.69) is 10.3 Å². The van der Waals surface area contributed by atoms with Crippen LogP contribution in [0.2, 0.25) is 0 Å². The molecule has 0 spiro atoms. The van der Waals surface area contributed by atoms with E-state index in [0.717, 1.165) is 28.1 Å². The molecule has 1 aliphatic heterocycles. The van der Waals surface area contributed by atoms with Gasteiger partial charge in [0.05, 0.1) is 26.3 Å². The fourth-order valence-corrected chi connectivity index (χ4v) is 3.95. The Hall–Kier alpha value is -2.87. The molecule has 0 saturated carbocycles. The van der Waals surface area contributed by atoms with Gasteiger partial charge in [0.2, 0.25) is 11.8 Å². The fourth-order valence-electron chi connectivity index (χ4n) is 3.03. The molecule has 8 heteroatoms. The zero-order chi connectivity index (χ0) is 20.3. The molecule has 0 unspecified atom stereocenters. The van der Waals surface area contributed by atoms with E-state index < -0.39 is 0 Å². The topological polar surface area (TPSA) is 80.8 Å². The van der Waals surface area contributed by atoms with E-state index in [1.165, 1.54) is 16.2 Å². The molecule has 0 saturated heterocycles. The highest BCUT2D eigenvalue weighted by molar-refractivity contribution is 7.15. The number of carbonyl (C=O) groups is 2. The Morgan fingerprint density at radius 3 is 2.64 bits per heavy atom. The molecule has 1 N–H and O–H groups in total. The van der Waals surface area contributed by atoms with Crippen LogP contribution < -0.4 is 14.8 Å². The first kappa shape index (κ1) is 19.9. The molecular formula is C20H23N3O4S. The zero-order valence-corrected chi connectivity index (χ0v) is 17.2. The smallest absolute Gasteiger partial charge is 0.246 e. The molecule has 2 amide bonds. The molecule has 148 valence electrons. The fraction of sp³-hybridized carbons (Fsp3) is 0.350. The number of nitrogens with one attached hydrogen (secondary N) is 1. The number of methoxy groups -OCH3 is 2. The molecule has 28 heavy (non-hydrogen) atoms. The summed E-state index contributed by atoms with van der Waals surface area (Å²) in [6, 6.07) is 3.62. The molecule has 7 nitrogen and oxygen atoms in total. The van der Waals surface area contributed by atoms with Gasteiger partial charge in [-0.05, 0) is 42.7 Å². The number of hydrogen-bond donors (Lipinski definition) is 1. The largest absolute Gasteiger partial charge is 0.493 e. The van der Waals surface area contributed by atoms with Crippen LogP contribution in [0.4, 0.5) is 5.13 Å². The number of thiazole rings is 1. The van der Waals surface area contributed by atoms with Crippen LogP contribution >= 0.6 is 11.3 Å². The summed E-state index contributed by atoms with van der Waals surface area (Å²) < 4.78 is 10.6. The summed E-state index contributed by atoms with van der Waals surface area (Å²) in [5.74, 6) is 0.715. The Bertz CT molecular complexity index is 936. The number of carbonyl (C=O) groups excluding carboxylic acids is 2. The standard InChI is InChI=1S/C20H23N3O4S/c1-5-15-12(2)28-20(21-15)22-18(24)11-23-7-6-13-8-16(26-3)17(27-4)9-14(13)10-19(23)25/h6-9H,5,10-11H2,1-4H3,(H,21,22,24). The predicted octanol–water partition coefficient (Wildman–Crippen LogP) is 3.03. The minimum absolute atomic E-state index is 0.0717. The second-order valence-electron chi connectivity index (χ2n) is 6.34. The number of amides is 2. The number of hydrogen-bond acceptors (Lipinski definition) is 6. The van der Waals surface area contributed by atoms with Gasteiger partial charge in [-0.15, -0.1) is 11.3 Å². The van der Waals surface area contributed by atoms with Gasteiger partial charge in [0.15, 0.2) is 16.6 Å². The Kier molecular flexibility index (Phi) is 5.99. The number of nitrogens with zero attached hydrogens (tertiary/aromatic N) is 2. The maximum absolute atomic E-state index is 12.6. The van der Waals surface area contributed by atoms with E-state index >= 15 is 0 Å². The molecular weight excluding hydrogens is 378 g/mol. The summed E-state index contributed by atoms with van der Waals surface area (Å²) in [6.45, 7) is 3.93. The molecule has 0 atom stereocenters. The Labute approximate surface area is 168 Å². The van der Waals surface area contributed by atoms with E-state index in [4.69, 9.17) is 9.47 Å². The van der Waals surface area contributed by atoms with E-state index in [-0.39, 0.29) is 24.8 Å². The maximum atomic E-state index is 12.6. The normalized spacial score (nSPS) is 13.1.